The molecule has 0 spiro atoms. The Morgan fingerprint density at radius 2 is 2.31 bits per heavy atom. The number of carbonyl (C=O) groups is 2. The van der Waals surface area contributed by atoms with Gasteiger partial charge in [-0.2, -0.15) is 9.99 Å². The van der Waals surface area contributed by atoms with Crippen LogP contribution in [0.3, 0.4) is 0 Å². The van der Waals surface area contributed by atoms with Crippen molar-refractivity contribution in [2.75, 3.05) is 11.9 Å². The number of anilines is 1. The predicted octanol–water partition coefficient (Wildman–Crippen LogP) is 2.17. The number of amides is 1. The maximum absolute atomic E-state index is 12.1. The fourth-order valence-electron chi connectivity index (χ4n) is 2.91. The Kier molecular flexibility index (Phi) is 5.19. The van der Waals surface area contributed by atoms with E-state index >= 15 is 0 Å². The molecule has 7 nitrogen and oxygen atoms in total. The highest BCUT2D eigenvalue weighted by molar-refractivity contribution is 7.16. The van der Waals surface area contributed by atoms with Crippen LogP contribution in [-0.4, -0.2) is 18.5 Å². The van der Waals surface area contributed by atoms with Gasteiger partial charge in [-0.25, -0.2) is 4.79 Å². The van der Waals surface area contributed by atoms with Crippen molar-refractivity contribution in [2.24, 2.45) is 5.92 Å². The number of fused-ring (bicyclic) bond motifs is 1. The maximum Gasteiger partial charge on any atom is 0.405 e. The molecule has 1 N–H and O–H groups in total. The number of thiophene rings is 1. The summed E-state index contributed by atoms with van der Waals surface area (Å²) in [6.07, 6.45) is 3.93. The molecule has 1 atom stereocenters. The lowest BCUT2D eigenvalue weighted by atomic mass is 9.89. The third kappa shape index (κ3) is 3.68. The molecule has 0 aliphatic heterocycles. The van der Waals surface area contributed by atoms with Crippen molar-refractivity contribution in [3.63, 3.8) is 0 Å². The smallest absolute Gasteiger partial charge is 0.405 e. The SMILES string of the molecule is C[C@@H]1CCc2c(sc(NC(=O)COC(=O)c3cccc[n+]3[O-])c2C#N)C1. The summed E-state index contributed by atoms with van der Waals surface area (Å²) >= 11 is 1.40. The van der Waals surface area contributed by atoms with Crippen LogP contribution in [0.25, 0.3) is 0 Å². The minimum absolute atomic E-state index is 0.196. The van der Waals surface area contributed by atoms with E-state index in [0.29, 0.717) is 21.2 Å². The lowest BCUT2D eigenvalue weighted by molar-refractivity contribution is -0.608. The largest absolute Gasteiger partial charge is 0.618 e. The fourth-order valence-corrected chi connectivity index (χ4v) is 4.29. The average molecular weight is 371 g/mol. The highest BCUT2D eigenvalue weighted by Crippen LogP contribution is 2.39. The number of nitrogens with zero attached hydrogens (tertiary/aromatic N) is 2. The molecule has 2 aromatic rings. The summed E-state index contributed by atoms with van der Waals surface area (Å²) < 4.78 is 5.26. The molecule has 0 saturated carbocycles. The summed E-state index contributed by atoms with van der Waals surface area (Å²) in [5, 5.41) is 24.1. The summed E-state index contributed by atoms with van der Waals surface area (Å²) in [5.74, 6) is -0.868. The van der Waals surface area contributed by atoms with Crippen molar-refractivity contribution in [1.29, 1.82) is 5.26 Å². The first-order valence-electron chi connectivity index (χ1n) is 8.19. The molecule has 0 aromatic carbocycles. The molecule has 2 aromatic heterocycles. The van der Waals surface area contributed by atoms with E-state index in [2.05, 4.69) is 18.3 Å². The van der Waals surface area contributed by atoms with Crippen LogP contribution in [0.1, 0.15) is 39.8 Å². The number of nitrogens with one attached hydrogen (secondary N) is 1. The molecule has 1 amide bonds. The number of pyridine rings is 1. The molecule has 0 bridgehead atoms. The van der Waals surface area contributed by atoms with E-state index in [1.54, 1.807) is 0 Å². The van der Waals surface area contributed by atoms with Crippen molar-refractivity contribution in [2.45, 2.75) is 26.2 Å². The molecule has 0 fully saturated rings. The first kappa shape index (κ1) is 17.9. The van der Waals surface area contributed by atoms with Crippen LogP contribution < -0.4 is 10.0 Å². The van der Waals surface area contributed by atoms with Crippen LogP contribution in [0.4, 0.5) is 5.00 Å². The normalized spacial score (nSPS) is 15.6. The highest BCUT2D eigenvalue weighted by Gasteiger charge is 2.25. The molecule has 2 heterocycles. The first-order chi connectivity index (χ1) is 12.5. The quantitative estimate of drug-likeness (QED) is 0.504. The van der Waals surface area contributed by atoms with Gasteiger partial charge in [-0.05, 0) is 36.8 Å². The van der Waals surface area contributed by atoms with Gasteiger partial charge in [-0.15, -0.1) is 11.3 Å². The molecule has 3 rings (SSSR count). The van der Waals surface area contributed by atoms with Crippen LogP contribution in [0.2, 0.25) is 0 Å². The van der Waals surface area contributed by atoms with Gasteiger partial charge >= 0.3 is 11.7 Å². The monoisotopic (exact) mass is 371 g/mol. The molecular weight excluding hydrogens is 354 g/mol. The number of hydrogen-bond acceptors (Lipinski definition) is 6. The number of esters is 1. The van der Waals surface area contributed by atoms with Crippen molar-refractivity contribution in [3.05, 3.63) is 51.3 Å². The van der Waals surface area contributed by atoms with Gasteiger partial charge in [0, 0.05) is 17.0 Å². The zero-order valence-electron chi connectivity index (χ0n) is 14.2. The van der Waals surface area contributed by atoms with Crippen molar-refractivity contribution < 1.29 is 19.1 Å². The Balaban J connectivity index is 1.65. The number of carbonyl (C=O) groups excluding carboxylic acids is 2. The fraction of sp³-hybridized carbons (Fsp3) is 0.333. The van der Waals surface area contributed by atoms with Crippen LogP contribution >= 0.6 is 11.3 Å². The summed E-state index contributed by atoms with van der Waals surface area (Å²) in [6.45, 7) is 1.63. The van der Waals surface area contributed by atoms with Crippen LogP contribution in [-0.2, 0) is 22.4 Å². The average Bonchev–Trinajstić information content (AvgIpc) is 2.95. The third-order valence-electron chi connectivity index (χ3n) is 4.24. The lowest BCUT2D eigenvalue weighted by Crippen LogP contribution is -2.35. The molecule has 26 heavy (non-hydrogen) atoms. The molecule has 0 radical (unpaired) electrons. The zero-order chi connectivity index (χ0) is 18.7. The van der Waals surface area contributed by atoms with Crippen LogP contribution in [0, 0.1) is 22.5 Å². The summed E-state index contributed by atoms with van der Waals surface area (Å²) in [7, 11) is 0. The topological polar surface area (TPSA) is 106 Å². The number of hydrogen-bond donors (Lipinski definition) is 1. The Morgan fingerprint density at radius 1 is 1.50 bits per heavy atom. The van der Waals surface area contributed by atoms with Crippen molar-refractivity contribution in [3.8, 4) is 6.07 Å². The minimum atomic E-state index is -0.879. The van der Waals surface area contributed by atoms with E-state index in [0.717, 1.165) is 29.7 Å². The van der Waals surface area contributed by atoms with E-state index in [1.165, 1.54) is 35.7 Å². The van der Waals surface area contributed by atoms with E-state index < -0.39 is 18.5 Å². The van der Waals surface area contributed by atoms with Gasteiger partial charge in [0.15, 0.2) is 12.8 Å². The number of ether oxygens (including phenoxy) is 1. The lowest BCUT2D eigenvalue weighted by Gasteiger charge is -2.17. The predicted molar refractivity (Wildman–Crippen MR) is 94.5 cm³/mol. The molecule has 1 aliphatic carbocycles. The van der Waals surface area contributed by atoms with Gasteiger partial charge in [0.2, 0.25) is 0 Å². The van der Waals surface area contributed by atoms with Gasteiger partial charge in [0.1, 0.15) is 11.1 Å². The van der Waals surface area contributed by atoms with Crippen LogP contribution in [0.5, 0.6) is 0 Å². The van der Waals surface area contributed by atoms with Gasteiger partial charge in [-0.3, -0.25) is 4.79 Å². The zero-order valence-corrected chi connectivity index (χ0v) is 15.0. The molecule has 134 valence electrons. The van der Waals surface area contributed by atoms with Gasteiger partial charge in [0.05, 0.1) is 5.56 Å². The summed E-state index contributed by atoms with van der Waals surface area (Å²) in [5.41, 5.74) is 1.32. The standard InChI is InChI=1S/C18H17N3O4S/c1-11-5-6-12-13(9-19)17(26-15(12)8-11)20-16(22)10-25-18(23)14-4-2-3-7-21(14)24/h2-4,7,11H,5-6,8,10H2,1H3,(H,20,22)/t11-/m1/s1. The summed E-state index contributed by atoms with van der Waals surface area (Å²) in [6, 6.07) is 6.50. The van der Waals surface area contributed by atoms with E-state index in [1.807, 2.05) is 0 Å². The molecule has 0 unspecified atom stereocenters. The first-order valence-corrected chi connectivity index (χ1v) is 9.01. The van der Waals surface area contributed by atoms with Gasteiger partial charge in [0.25, 0.3) is 5.91 Å². The van der Waals surface area contributed by atoms with E-state index in [4.69, 9.17) is 4.74 Å². The number of nitriles is 1. The Bertz CT molecular complexity index is 900. The van der Waals surface area contributed by atoms with Gasteiger partial charge < -0.3 is 15.3 Å². The molecule has 8 heteroatoms. The second-order valence-corrected chi connectivity index (χ2v) is 7.31. The minimum Gasteiger partial charge on any atom is -0.618 e. The highest BCUT2D eigenvalue weighted by atomic mass is 32.1. The van der Waals surface area contributed by atoms with E-state index in [-0.39, 0.29) is 5.69 Å². The Hall–Kier alpha value is -2.92. The summed E-state index contributed by atoms with van der Waals surface area (Å²) in [4.78, 5) is 25.1. The molecule has 1 aliphatic rings. The van der Waals surface area contributed by atoms with E-state index in [9.17, 15) is 20.1 Å². The second-order valence-electron chi connectivity index (χ2n) is 6.20. The Labute approximate surface area is 154 Å². The third-order valence-corrected chi connectivity index (χ3v) is 5.41. The molecular formula is C18H17N3O4S. The molecule has 0 saturated heterocycles. The van der Waals surface area contributed by atoms with Crippen molar-refractivity contribution in [1.82, 2.24) is 0 Å². The van der Waals surface area contributed by atoms with Crippen molar-refractivity contribution >= 4 is 28.2 Å². The number of rotatable bonds is 4. The van der Waals surface area contributed by atoms with Gasteiger partial charge in [-0.1, -0.05) is 6.92 Å². The number of aromatic nitrogens is 1. The Morgan fingerprint density at radius 3 is 3.04 bits per heavy atom. The second kappa shape index (κ2) is 7.54. The maximum atomic E-state index is 12.1. The van der Waals surface area contributed by atoms with Crippen LogP contribution in [0.15, 0.2) is 24.4 Å².